The number of carbonyl (C=O) groups excluding carboxylic acids is 2. The number of carbonyl (C=O) groups is 2. The van der Waals surface area contributed by atoms with E-state index in [0.29, 0.717) is 15.6 Å². The summed E-state index contributed by atoms with van der Waals surface area (Å²) in [7, 11) is 0. The molecule has 3 heteroatoms. The van der Waals surface area contributed by atoms with Crippen LogP contribution in [-0.2, 0) is 10.8 Å². The first-order chi connectivity index (χ1) is 9.63. The highest BCUT2D eigenvalue weighted by Crippen LogP contribution is 2.47. The molecule has 1 aromatic rings. The molecule has 110 valence electrons. The summed E-state index contributed by atoms with van der Waals surface area (Å²) >= 11 is 3.20. The predicted molar refractivity (Wildman–Crippen MR) is 87.4 cm³/mol. The Morgan fingerprint density at radius 3 is 1.90 bits per heavy atom. The van der Waals surface area contributed by atoms with Gasteiger partial charge < -0.3 is 0 Å². The van der Waals surface area contributed by atoms with Crippen LogP contribution in [0.15, 0.2) is 22.7 Å². The van der Waals surface area contributed by atoms with Crippen molar-refractivity contribution >= 4 is 27.5 Å². The molecule has 0 N–H and O–H groups in total. The Balaban J connectivity index is 2.32. The highest BCUT2D eigenvalue weighted by atomic mass is 79.9. The maximum atomic E-state index is 12.4. The van der Waals surface area contributed by atoms with Crippen LogP contribution >= 0.6 is 15.9 Å². The lowest BCUT2D eigenvalue weighted by Crippen LogP contribution is -2.35. The van der Waals surface area contributed by atoms with Gasteiger partial charge in [0.2, 0.25) is 5.78 Å². The lowest BCUT2D eigenvalue weighted by Gasteiger charge is -2.42. The van der Waals surface area contributed by atoms with Gasteiger partial charge in [-0.2, -0.15) is 0 Å². The van der Waals surface area contributed by atoms with Crippen LogP contribution in [0.2, 0.25) is 0 Å². The van der Waals surface area contributed by atoms with Gasteiger partial charge in [0.25, 0.3) is 0 Å². The highest BCUT2D eigenvalue weighted by molar-refractivity contribution is 9.12. The summed E-state index contributed by atoms with van der Waals surface area (Å²) in [4.78, 5) is 24.6. The third kappa shape index (κ3) is 2.13. The molecule has 0 fully saturated rings. The van der Waals surface area contributed by atoms with Crippen molar-refractivity contribution in [2.45, 2.75) is 51.4 Å². The molecule has 0 heterocycles. The van der Waals surface area contributed by atoms with E-state index in [2.05, 4.69) is 43.6 Å². The number of halogens is 1. The van der Waals surface area contributed by atoms with Gasteiger partial charge in [-0.3, -0.25) is 9.59 Å². The largest absolute Gasteiger partial charge is 0.289 e. The van der Waals surface area contributed by atoms with Crippen molar-refractivity contribution in [3.05, 3.63) is 44.9 Å². The van der Waals surface area contributed by atoms with Crippen molar-refractivity contribution in [2.24, 2.45) is 0 Å². The van der Waals surface area contributed by atoms with Crippen molar-refractivity contribution in [3.8, 4) is 0 Å². The summed E-state index contributed by atoms with van der Waals surface area (Å²) in [5, 5.41) is 0. The van der Waals surface area contributed by atoms with E-state index in [1.807, 2.05) is 12.1 Å². The highest BCUT2D eigenvalue weighted by Gasteiger charge is 2.39. The summed E-state index contributed by atoms with van der Waals surface area (Å²) in [6.07, 6.45) is 3.57. The molecule has 0 radical (unpaired) electrons. The zero-order chi connectivity index (χ0) is 15.6. The summed E-state index contributed by atoms with van der Waals surface area (Å²) in [6.45, 7) is 8.86. The summed E-state index contributed by atoms with van der Waals surface area (Å²) in [5.41, 5.74) is 3.59. The number of ketones is 2. The van der Waals surface area contributed by atoms with Gasteiger partial charge in [0.15, 0.2) is 5.78 Å². The lowest BCUT2D eigenvalue weighted by atomic mass is 9.62. The molecule has 0 saturated heterocycles. The third-order valence-corrected chi connectivity index (χ3v) is 5.56. The lowest BCUT2D eigenvalue weighted by molar-refractivity contribution is 0.0991. The van der Waals surface area contributed by atoms with E-state index in [9.17, 15) is 9.59 Å². The Kier molecular flexibility index (Phi) is 3.07. The van der Waals surface area contributed by atoms with Crippen LogP contribution in [0.1, 0.15) is 72.4 Å². The van der Waals surface area contributed by atoms with E-state index in [1.54, 1.807) is 0 Å². The van der Waals surface area contributed by atoms with Crippen molar-refractivity contribution in [3.63, 3.8) is 0 Å². The van der Waals surface area contributed by atoms with Gasteiger partial charge in [-0.1, -0.05) is 27.7 Å². The van der Waals surface area contributed by atoms with E-state index >= 15 is 0 Å². The molecule has 0 unspecified atom stereocenters. The summed E-state index contributed by atoms with van der Waals surface area (Å²) in [6, 6.07) is 3.92. The Bertz CT molecular complexity index is 708. The Labute approximate surface area is 133 Å². The second-order valence-corrected chi connectivity index (χ2v) is 8.25. The molecule has 2 aliphatic carbocycles. The van der Waals surface area contributed by atoms with Crippen LogP contribution in [0.25, 0.3) is 0 Å². The Morgan fingerprint density at radius 1 is 0.905 bits per heavy atom. The first kappa shape index (κ1) is 14.7. The normalized spacial score (nSPS) is 22.4. The molecule has 3 rings (SSSR count). The smallest absolute Gasteiger partial charge is 0.200 e. The minimum Gasteiger partial charge on any atom is -0.289 e. The summed E-state index contributed by atoms with van der Waals surface area (Å²) in [5.74, 6) is -0.176. The van der Waals surface area contributed by atoms with E-state index in [-0.39, 0.29) is 22.4 Å². The van der Waals surface area contributed by atoms with E-state index in [0.717, 1.165) is 12.8 Å². The van der Waals surface area contributed by atoms with Gasteiger partial charge in [-0.15, -0.1) is 0 Å². The van der Waals surface area contributed by atoms with Crippen molar-refractivity contribution in [1.82, 2.24) is 0 Å². The van der Waals surface area contributed by atoms with Crippen molar-refractivity contribution in [1.29, 1.82) is 0 Å². The third-order valence-electron chi connectivity index (χ3n) is 4.98. The second kappa shape index (κ2) is 4.39. The number of Topliss-reactive ketones (excluding diaryl/α,β-unsaturated/α-hetero) is 1. The molecule has 0 saturated carbocycles. The maximum absolute atomic E-state index is 12.4. The number of allylic oxidation sites excluding steroid dienone is 2. The van der Waals surface area contributed by atoms with Crippen LogP contribution in [0, 0.1) is 0 Å². The molecular formula is C18H19BrO2. The van der Waals surface area contributed by atoms with Gasteiger partial charge in [-0.05, 0) is 62.9 Å². The standard InChI is InChI=1S/C18H19BrO2/c1-17(2)5-6-18(3,4)13-8-11-10(7-12(13)17)15(20)9-14(19)16(11)21/h7-9H,5-6H2,1-4H3. The Hall–Kier alpha value is -1.22. The number of hydrogen-bond acceptors (Lipinski definition) is 2. The molecule has 2 aliphatic rings. The quantitative estimate of drug-likeness (QED) is 0.682. The Morgan fingerprint density at radius 2 is 1.38 bits per heavy atom. The number of hydrogen-bond donors (Lipinski definition) is 0. The van der Waals surface area contributed by atoms with Gasteiger partial charge in [-0.25, -0.2) is 0 Å². The average molecular weight is 347 g/mol. The molecular weight excluding hydrogens is 328 g/mol. The van der Waals surface area contributed by atoms with Gasteiger partial charge in [0.05, 0.1) is 4.48 Å². The number of fused-ring (bicyclic) bond motifs is 2. The van der Waals surface area contributed by atoms with Crippen LogP contribution in [0.4, 0.5) is 0 Å². The van der Waals surface area contributed by atoms with E-state index in [1.165, 1.54) is 17.2 Å². The molecule has 21 heavy (non-hydrogen) atoms. The van der Waals surface area contributed by atoms with Crippen molar-refractivity contribution in [2.75, 3.05) is 0 Å². The molecule has 0 spiro atoms. The molecule has 0 aromatic heterocycles. The first-order valence-corrected chi connectivity index (χ1v) is 8.08. The van der Waals surface area contributed by atoms with Gasteiger partial charge in [0.1, 0.15) is 0 Å². The SMILES string of the molecule is CC1(C)CCC(C)(C)c2cc3c(cc21)C(=O)C=C(Br)C3=O. The van der Waals surface area contributed by atoms with Gasteiger partial charge in [0, 0.05) is 17.2 Å². The first-order valence-electron chi connectivity index (χ1n) is 7.29. The monoisotopic (exact) mass is 346 g/mol. The minimum atomic E-state index is -0.0911. The maximum Gasteiger partial charge on any atom is 0.200 e. The fraction of sp³-hybridized carbons (Fsp3) is 0.444. The number of rotatable bonds is 0. The fourth-order valence-electron chi connectivity index (χ4n) is 3.39. The topological polar surface area (TPSA) is 34.1 Å². The second-order valence-electron chi connectivity index (χ2n) is 7.40. The van der Waals surface area contributed by atoms with Crippen LogP contribution in [-0.4, -0.2) is 11.6 Å². The zero-order valence-electron chi connectivity index (χ0n) is 12.8. The van der Waals surface area contributed by atoms with E-state index in [4.69, 9.17) is 0 Å². The van der Waals surface area contributed by atoms with Crippen LogP contribution < -0.4 is 0 Å². The predicted octanol–water partition coefficient (Wildman–Crippen LogP) is 4.69. The number of benzene rings is 1. The molecule has 2 nitrogen and oxygen atoms in total. The van der Waals surface area contributed by atoms with Crippen LogP contribution in [0.3, 0.4) is 0 Å². The summed E-state index contributed by atoms with van der Waals surface area (Å²) < 4.78 is 0.354. The zero-order valence-corrected chi connectivity index (χ0v) is 14.4. The minimum absolute atomic E-state index is 0.0385. The molecule has 0 amide bonds. The van der Waals surface area contributed by atoms with Gasteiger partial charge >= 0.3 is 0 Å². The molecule has 0 atom stereocenters. The van der Waals surface area contributed by atoms with E-state index < -0.39 is 0 Å². The average Bonchev–Trinajstić information content (AvgIpc) is 2.40. The van der Waals surface area contributed by atoms with Crippen molar-refractivity contribution < 1.29 is 9.59 Å². The van der Waals surface area contributed by atoms with Crippen LogP contribution in [0.5, 0.6) is 0 Å². The molecule has 1 aromatic carbocycles. The molecule has 0 bridgehead atoms. The molecule has 0 aliphatic heterocycles. The fourth-order valence-corrected chi connectivity index (χ4v) is 3.81.